The molecule has 12 amide bonds. The first-order valence-electron chi connectivity index (χ1n) is 39.4. The van der Waals surface area contributed by atoms with Gasteiger partial charge in [-0.2, -0.15) is 26.3 Å². The molecule has 5 saturated carbocycles. The van der Waals surface area contributed by atoms with Crippen LogP contribution in [0.3, 0.4) is 0 Å². The summed E-state index contributed by atoms with van der Waals surface area (Å²) in [6.07, 6.45) is -14.0. The molecule has 8 rings (SSSR count). The molecule has 0 radical (unpaired) electrons. The monoisotopic (exact) mass is 1560 g/mol. The fourth-order valence-corrected chi connectivity index (χ4v) is 18.0. The highest BCUT2D eigenvalue weighted by molar-refractivity contribution is 6.01. The molecule has 5 aliphatic carbocycles. The molecule has 616 valence electrons. The molecule has 3 aliphatic heterocycles. The van der Waals surface area contributed by atoms with E-state index >= 15 is 37.5 Å². The van der Waals surface area contributed by atoms with Crippen LogP contribution in [0.1, 0.15) is 188 Å². The van der Waals surface area contributed by atoms with Gasteiger partial charge in [-0.1, -0.05) is 65.7 Å². The summed E-state index contributed by atoms with van der Waals surface area (Å²) < 4.78 is 121. The van der Waals surface area contributed by atoms with Gasteiger partial charge in [-0.25, -0.2) is 8.78 Å². The van der Waals surface area contributed by atoms with E-state index in [1.165, 1.54) is 76.0 Å². The van der Waals surface area contributed by atoms with Crippen molar-refractivity contribution in [3.05, 3.63) is 0 Å². The van der Waals surface area contributed by atoms with Crippen LogP contribution >= 0.6 is 0 Å². The highest BCUT2D eigenvalue weighted by Gasteiger charge is 2.56. The van der Waals surface area contributed by atoms with Crippen molar-refractivity contribution in [2.24, 2.45) is 47.3 Å². The lowest BCUT2D eigenvalue weighted by Gasteiger charge is -2.42. The Morgan fingerprint density at radius 1 is 0.587 bits per heavy atom. The van der Waals surface area contributed by atoms with Crippen molar-refractivity contribution in [1.29, 1.82) is 0 Å². The van der Waals surface area contributed by atoms with Gasteiger partial charge in [0.1, 0.15) is 72.1 Å². The van der Waals surface area contributed by atoms with Crippen LogP contribution in [-0.2, 0) is 62.3 Å². The van der Waals surface area contributed by atoms with E-state index in [4.69, 9.17) is 4.74 Å². The van der Waals surface area contributed by atoms with E-state index in [1.54, 1.807) is 27.7 Å². The third kappa shape index (κ3) is 21.2. The predicted octanol–water partition coefficient (Wildman–Crippen LogP) is 6.57. The molecule has 3 N–H and O–H groups in total. The molecule has 25 nitrogen and oxygen atoms in total. The lowest BCUT2D eigenvalue weighted by molar-refractivity contribution is -0.219. The Kier molecular flexibility index (Phi) is 29.8. The molecule has 2 bridgehead atoms. The zero-order valence-electron chi connectivity index (χ0n) is 65.5. The minimum atomic E-state index is -5.22. The van der Waals surface area contributed by atoms with E-state index in [9.17, 15) is 55.1 Å². The number of nitrogens with one attached hydrogen (secondary N) is 3. The van der Waals surface area contributed by atoms with Gasteiger partial charge in [0.25, 0.3) is 0 Å². The van der Waals surface area contributed by atoms with Crippen molar-refractivity contribution in [3.63, 3.8) is 0 Å². The minimum absolute atomic E-state index is 0.00727. The second kappa shape index (κ2) is 37.1. The summed E-state index contributed by atoms with van der Waals surface area (Å²) in [5.74, 6) is -16.8. The Morgan fingerprint density at radius 3 is 1.73 bits per heavy atom. The van der Waals surface area contributed by atoms with Crippen molar-refractivity contribution in [2.45, 2.75) is 273 Å². The van der Waals surface area contributed by atoms with Crippen LogP contribution in [0.15, 0.2) is 0 Å². The van der Waals surface area contributed by atoms with Crippen LogP contribution < -0.4 is 16.0 Å². The molecule has 3 heterocycles. The van der Waals surface area contributed by atoms with Gasteiger partial charge in [-0.3, -0.25) is 57.5 Å². The molecule has 33 heteroatoms. The summed E-state index contributed by atoms with van der Waals surface area (Å²) in [4.78, 5) is 193. The topological polar surface area (TPSA) is 279 Å². The van der Waals surface area contributed by atoms with Crippen molar-refractivity contribution in [1.82, 2.24) is 60.0 Å². The number of hydrogen-bond donors (Lipinski definition) is 3. The molecule has 109 heavy (non-hydrogen) atoms. The van der Waals surface area contributed by atoms with Gasteiger partial charge in [-0.05, 0) is 145 Å². The number of likely N-dealkylation sites (N-methyl/N-ethyl adjacent to an activating group) is 7. The van der Waals surface area contributed by atoms with Crippen molar-refractivity contribution in [3.8, 4) is 0 Å². The Balaban J connectivity index is 1.21. The summed E-state index contributed by atoms with van der Waals surface area (Å²) in [5.41, 5.74) is -1.71. The summed E-state index contributed by atoms with van der Waals surface area (Å²) in [6.45, 7) is 5.22. The number of ether oxygens (including phenoxy) is 1. The number of fused-ring (bicyclic) bond motifs is 3. The maximum Gasteiger partial charge on any atom is 0.397 e. The smallest absolute Gasteiger partial charge is 0.377 e. The Labute approximate surface area is 635 Å². The average Bonchev–Trinajstić information content (AvgIpc) is 1.71. The summed E-state index contributed by atoms with van der Waals surface area (Å²) in [6, 6.07) is -11.2. The number of carbonyl (C=O) groups excluding carboxylic acids is 12. The quantitative estimate of drug-likeness (QED) is 0.165. The molecule has 0 aromatic rings. The number of rotatable bonds is 13. The van der Waals surface area contributed by atoms with Gasteiger partial charge >= 0.3 is 12.4 Å². The predicted molar refractivity (Wildman–Crippen MR) is 384 cm³/mol. The van der Waals surface area contributed by atoms with E-state index in [-0.39, 0.29) is 102 Å². The molecular formula is C76H118F8N12O13. The van der Waals surface area contributed by atoms with Gasteiger partial charge in [0.15, 0.2) is 0 Å². The van der Waals surface area contributed by atoms with Crippen molar-refractivity contribution < 1.29 is 97.4 Å². The third-order valence-corrected chi connectivity index (χ3v) is 25.1. The number of alkyl halides is 8. The zero-order valence-corrected chi connectivity index (χ0v) is 65.5. The minimum Gasteiger partial charge on any atom is -0.377 e. The standard InChI is InChI=1S/C76H118F8N12O13/c1-13-44(4)63-71(106)90(8)42-61(99)91(9)54-30-21-43(3)39-95(70(54)105)58(36-46-24-27-49(28-25-46)75(79,80)81)69(104)89(7)41-59(97)85-53(29-26-47-33-51(77)62(52(78)34-47)76(82,83)84)67(102)96-40-50(109-14-2)37-56(96)66(101)87-74(31-17-18-32-74)73(108)94(12)64(48-19-15-16-20-48)72(107)93(11)57(68(103)88(5)6)38-60(98)92(10)55(65(100)86-63)35-45-22-23-45/h43-58,62-64H,13-42H2,1-12H3,(H,85,97)(H,86,100)(H,87,101)/t43-,44+,46?,47?,49?,50-,51?,52?,53+,54+,55+,56+,57+,58+,62?,63+,64+/m1/s1. The molecule has 8 aliphatic rings. The number of amides is 12. The summed E-state index contributed by atoms with van der Waals surface area (Å²) in [7, 11) is 11.0. The van der Waals surface area contributed by atoms with Gasteiger partial charge in [-0.15, -0.1) is 0 Å². The van der Waals surface area contributed by atoms with Crippen molar-refractivity contribution >= 4 is 70.9 Å². The lowest BCUT2D eigenvalue weighted by atomic mass is 9.76. The maximum absolute atomic E-state index is 15.7. The van der Waals surface area contributed by atoms with Gasteiger partial charge in [0.05, 0.1) is 31.5 Å². The van der Waals surface area contributed by atoms with Gasteiger partial charge in [0.2, 0.25) is 70.9 Å². The Bertz CT molecular complexity index is 3240. The average molecular weight is 1560 g/mol. The van der Waals surface area contributed by atoms with E-state index in [2.05, 4.69) is 16.0 Å². The van der Waals surface area contributed by atoms with Gasteiger partial charge in [0, 0.05) is 82.5 Å². The number of carbonyl (C=O) groups is 12. The summed E-state index contributed by atoms with van der Waals surface area (Å²) >= 11 is 0. The van der Waals surface area contributed by atoms with Crippen LogP contribution in [-0.4, -0.2) is 289 Å². The first kappa shape index (κ1) is 87.6. The lowest BCUT2D eigenvalue weighted by Crippen LogP contribution is -2.65. The molecule has 13 atom stereocenters. The highest BCUT2D eigenvalue weighted by Crippen LogP contribution is 2.46. The van der Waals surface area contributed by atoms with E-state index in [0.29, 0.717) is 51.4 Å². The fraction of sp³-hybridized carbons (Fsp3) is 0.842. The first-order valence-corrected chi connectivity index (χ1v) is 39.4. The Hall–Kier alpha value is -6.96. The van der Waals surface area contributed by atoms with Gasteiger partial charge < -0.3 is 64.8 Å². The molecule has 1 spiro atoms. The second-order valence-electron chi connectivity index (χ2n) is 33.2. The number of nitrogens with zero attached hydrogens (tertiary/aromatic N) is 9. The van der Waals surface area contributed by atoms with E-state index in [0.717, 1.165) is 37.3 Å². The zero-order chi connectivity index (χ0) is 80.6. The van der Waals surface area contributed by atoms with Crippen LogP contribution in [0.5, 0.6) is 0 Å². The molecular weight excluding hydrogens is 1440 g/mol. The van der Waals surface area contributed by atoms with E-state index in [1.807, 2.05) is 0 Å². The molecule has 8 fully saturated rings. The fourth-order valence-electron chi connectivity index (χ4n) is 18.0. The van der Waals surface area contributed by atoms with Crippen LogP contribution in [0.25, 0.3) is 0 Å². The van der Waals surface area contributed by atoms with Crippen LogP contribution in [0, 0.1) is 47.3 Å². The Morgan fingerprint density at radius 2 is 1.17 bits per heavy atom. The highest BCUT2D eigenvalue weighted by atomic mass is 19.4. The largest absolute Gasteiger partial charge is 0.397 e. The summed E-state index contributed by atoms with van der Waals surface area (Å²) in [5, 5.41) is 8.53. The molecule has 3 saturated heterocycles. The van der Waals surface area contributed by atoms with Crippen LogP contribution in [0.4, 0.5) is 35.1 Å². The second-order valence-corrected chi connectivity index (χ2v) is 33.2. The van der Waals surface area contributed by atoms with E-state index < -0.39 is 230 Å². The first-order chi connectivity index (χ1) is 51.1. The molecule has 0 aromatic carbocycles. The van der Waals surface area contributed by atoms with Crippen molar-refractivity contribution in [2.75, 3.05) is 89.2 Å². The van der Waals surface area contributed by atoms with Crippen LogP contribution in [0.2, 0.25) is 0 Å². The number of hydrogen-bond acceptors (Lipinski definition) is 13. The SMILES string of the molecule is CCO[C@@H]1C[C@H]2C(=O)NC3(CCCC3)C(=O)N(C)[C@@H](C3CCCC3)C(=O)N(C)[C@H](C(=O)N(C)C)CC(=O)N(C)[C@@H](CC3CC3)C(=O)N[C@@H]([C@@H](C)CC)C(=O)N(C)CC(=O)N(C)[C@H]3CC[C@@H](C)CN(C3=O)[C@@H](CC3CCC(C(F)(F)F)CC3)C(=O)N(C)CC(=O)N[C@@H](CCC3CC(F)C(C(F)(F)F)C(F)C3)C(=O)N2C1. The molecule has 2 unspecified atom stereocenters. The molecule has 0 aromatic heterocycles. The normalized spacial score (nSPS) is 33.0. The maximum atomic E-state index is 15.7. The number of halogens is 8. The third-order valence-electron chi connectivity index (χ3n) is 25.1.